The molecule has 6 nitrogen and oxygen atoms in total. The standard InChI is InChI=1S/C16H16N2O4/c1-15(13-9-5-3-6-10-13,14-11-7-4-8-12-14)16(2,17(19)20)18(21)22/h3-12H,1-2H3. The van der Waals surface area contributed by atoms with Crippen molar-refractivity contribution >= 4 is 0 Å². The van der Waals surface area contributed by atoms with E-state index in [0.717, 1.165) is 6.92 Å². The second-order valence-electron chi connectivity index (χ2n) is 5.39. The molecule has 0 amide bonds. The summed E-state index contributed by atoms with van der Waals surface area (Å²) in [6.45, 7) is 2.61. The Hall–Kier alpha value is -2.76. The Balaban J connectivity index is 2.82. The van der Waals surface area contributed by atoms with Gasteiger partial charge in [-0.1, -0.05) is 60.7 Å². The zero-order valence-corrected chi connectivity index (χ0v) is 12.3. The lowest BCUT2D eigenvalue weighted by molar-refractivity contribution is -0.802. The monoisotopic (exact) mass is 300 g/mol. The summed E-state index contributed by atoms with van der Waals surface area (Å²) in [5.74, 6) is 0. The topological polar surface area (TPSA) is 86.3 Å². The first kappa shape index (κ1) is 15.6. The Labute approximate surface area is 127 Å². The van der Waals surface area contributed by atoms with Gasteiger partial charge in [-0.15, -0.1) is 0 Å². The average molecular weight is 300 g/mol. The zero-order valence-electron chi connectivity index (χ0n) is 12.3. The van der Waals surface area contributed by atoms with Crippen LogP contribution in [-0.4, -0.2) is 15.5 Å². The molecule has 2 aromatic rings. The van der Waals surface area contributed by atoms with Crippen LogP contribution in [0.2, 0.25) is 0 Å². The second kappa shape index (κ2) is 5.55. The van der Waals surface area contributed by atoms with Crippen LogP contribution in [0.25, 0.3) is 0 Å². The highest BCUT2D eigenvalue weighted by molar-refractivity contribution is 5.40. The van der Waals surface area contributed by atoms with Crippen LogP contribution in [-0.2, 0) is 5.41 Å². The van der Waals surface area contributed by atoms with Gasteiger partial charge < -0.3 is 0 Å². The Bertz CT molecular complexity index is 632. The van der Waals surface area contributed by atoms with Gasteiger partial charge in [0, 0.05) is 0 Å². The maximum atomic E-state index is 11.6. The van der Waals surface area contributed by atoms with Crippen LogP contribution in [0, 0.1) is 20.2 Å². The van der Waals surface area contributed by atoms with E-state index in [0.29, 0.717) is 11.1 Å². The maximum absolute atomic E-state index is 11.6. The molecule has 6 heteroatoms. The molecular formula is C16H16N2O4. The number of hydrogen-bond donors (Lipinski definition) is 0. The van der Waals surface area contributed by atoms with E-state index < -0.39 is 20.9 Å². The fourth-order valence-corrected chi connectivity index (χ4v) is 2.69. The molecule has 0 atom stereocenters. The first-order valence-electron chi connectivity index (χ1n) is 6.75. The predicted molar refractivity (Wildman–Crippen MR) is 81.7 cm³/mol. The summed E-state index contributed by atoms with van der Waals surface area (Å²) in [5, 5.41) is 23.2. The van der Waals surface area contributed by atoms with Crippen LogP contribution in [0.5, 0.6) is 0 Å². The van der Waals surface area contributed by atoms with Crippen molar-refractivity contribution in [1.29, 1.82) is 0 Å². The van der Waals surface area contributed by atoms with Gasteiger partial charge >= 0.3 is 5.66 Å². The molecule has 0 saturated heterocycles. The van der Waals surface area contributed by atoms with Crippen LogP contribution in [0.3, 0.4) is 0 Å². The predicted octanol–water partition coefficient (Wildman–Crippen LogP) is 3.26. The summed E-state index contributed by atoms with van der Waals surface area (Å²) in [6, 6.07) is 17.1. The molecule has 0 radical (unpaired) electrons. The van der Waals surface area contributed by atoms with E-state index >= 15 is 0 Å². The maximum Gasteiger partial charge on any atom is 0.468 e. The van der Waals surface area contributed by atoms with Gasteiger partial charge in [0.25, 0.3) is 0 Å². The Morgan fingerprint density at radius 3 is 1.32 bits per heavy atom. The van der Waals surface area contributed by atoms with Crippen LogP contribution in [0.1, 0.15) is 25.0 Å². The molecule has 0 N–H and O–H groups in total. The molecular weight excluding hydrogens is 284 g/mol. The molecule has 0 saturated carbocycles. The molecule has 22 heavy (non-hydrogen) atoms. The smallest absolute Gasteiger partial charge is 0.258 e. The second-order valence-corrected chi connectivity index (χ2v) is 5.39. The van der Waals surface area contributed by atoms with Gasteiger partial charge in [0.1, 0.15) is 0 Å². The zero-order chi connectivity index (χ0) is 16.4. The summed E-state index contributed by atoms with van der Waals surface area (Å²) >= 11 is 0. The summed E-state index contributed by atoms with van der Waals surface area (Å²) in [4.78, 5) is 21.6. The molecule has 2 rings (SSSR count). The largest absolute Gasteiger partial charge is 0.468 e. The van der Waals surface area contributed by atoms with Gasteiger partial charge in [-0.25, -0.2) is 0 Å². The molecule has 0 aliphatic carbocycles. The normalized spacial score (nSPS) is 11.9. The van der Waals surface area contributed by atoms with Crippen molar-refractivity contribution in [2.75, 3.05) is 0 Å². The fourth-order valence-electron chi connectivity index (χ4n) is 2.69. The molecule has 114 valence electrons. The molecule has 0 unspecified atom stereocenters. The number of benzene rings is 2. The number of hydrogen-bond acceptors (Lipinski definition) is 4. The van der Waals surface area contributed by atoms with Crippen molar-refractivity contribution < 1.29 is 9.85 Å². The lowest BCUT2D eigenvalue weighted by Crippen LogP contribution is -2.59. The van der Waals surface area contributed by atoms with Crippen LogP contribution < -0.4 is 0 Å². The third-order valence-corrected chi connectivity index (χ3v) is 4.36. The summed E-state index contributed by atoms with van der Waals surface area (Å²) in [7, 11) is 0. The van der Waals surface area contributed by atoms with Gasteiger partial charge in [-0.3, -0.25) is 20.2 Å². The third kappa shape index (κ3) is 2.13. The van der Waals surface area contributed by atoms with Gasteiger partial charge in [0.05, 0.1) is 16.8 Å². The highest BCUT2D eigenvalue weighted by Crippen LogP contribution is 2.43. The fraction of sp³-hybridized carbons (Fsp3) is 0.250. The first-order valence-corrected chi connectivity index (χ1v) is 6.75. The Kier molecular flexibility index (Phi) is 3.95. The highest BCUT2D eigenvalue weighted by atomic mass is 16.7. The molecule has 0 aromatic heterocycles. The van der Waals surface area contributed by atoms with Crippen LogP contribution in [0.4, 0.5) is 0 Å². The van der Waals surface area contributed by atoms with E-state index in [1.54, 1.807) is 67.6 Å². The third-order valence-electron chi connectivity index (χ3n) is 4.36. The molecule has 0 aliphatic rings. The Morgan fingerprint density at radius 1 is 0.727 bits per heavy atom. The molecule has 2 aromatic carbocycles. The molecule has 0 spiro atoms. The Morgan fingerprint density at radius 2 is 1.05 bits per heavy atom. The molecule has 0 heterocycles. The molecule has 0 fully saturated rings. The van der Waals surface area contributed by atoms with Crippen LogP contribution in [0.15, 0.2) is 60.7 Å². The van der Waals surface area contributed by atoms with E-state index in [1.807, 2.05) is 0 Å². The van der Waals surface area contributed by atoms with Crippen molar-refractivity contribution in [3.63, 3.8) is 0 Å². The number of nitrogens with zero attached hydrogens (tertiary/aromatic N) is 2. The summed E-state index contributed by atoms with van der Waals surface area (Å²) < 4.78 is 0. The van der Waals surface area contributed by atoms with E-state index in [9.17, 15) is 20.2 Å². The van der Waals surface area contributed by atoms with Gasteiger partial charge in [0.15, 0.2) is 5.41 Å². The van der Waals surface area contributed by atoms with Crippen molar-refractivity contribution in [2.24, 2.45) is 0 Å². The van der Waals surface area contributed by atoms with Gasteiger partial charge in [-0.2, -0.15) is 0 Å². The molecule has 0 aliphatic heterocycles. The lowest BCUT2D eigenvalue weighted by Gasteiger charge is -2.34. The summed E-state index contributed by atoms with van der Waals surface area (Å²) in [5.41, 5.74) is -2.76. The minimum Gasteiger partial charge on any atom is -0.258 e. The SMILES string of the molecule is CC(c1ccccc1)(c1ccccc1)C(C)([N+](=O)[O-])[N+](=O)[O-]. The first-order chi connectivity index (χ1) is 10.3. The van der Waals surface area contributed by atoms with Gasteiger partial charge in [0.2, 0.25) is 0 Å². The van der Waals surface area contributed by atoms with Crippen molar-refractivity contribution in [3.8, 4) is 0 Å². The van der Waals surface area contributed by atoms with Gasteiger partial charge in [-0.05, 0) is 18.1 Å². The van der Waals surface area contributed by atoms with E-state index in [4.69, 9.17) is 0 Å². The lowest BCUT2D eigenvalue weighted by atomic mass is 9.67. The van der Waals surface area contributed by atoms with Crippen molar-refractivity contribution in [1.82, 2.24) is 0 Å². The quantitative estimate of drug-likeness (QED) is 0.482. The number of nitro groups is 2. The van der Waals surface area contributed by atoms with E-state index in [1.165, 1.54) is 0 Å². The summed E-state index contributed by atoms with van der Waals surface area (Å²) in [6.07, 6.45) is 0. The van der Waals surface area contributed by atoms with Crippen molar-refractivity contribution in [2.45, 2.75) is 24.9 Å². The highest BCUT2D eigenvalue weighted by Gasteiger charge is 2.67. The average Bonchev–Trinajstić information content (AvgIpc) is 2.54. The number of rotatable bonds is 5. The minimum atomic E-state index is -2.39. The van der Waals surface area contributed by atoms with Crippen LogP contribution >= 0.6 is 0 Å². The molecule has 0 bridgehead atoms. The van der Waals surface area contributed by atoms with E-state index in [-0.39, 0.29) is 0 Å². The van der Waals surface area contributed by atoms with Crippen molar-refractivity contribution in [3.05, 3.63) is 92.0 Å². The minimum absolute atomic E-state index is 0.525. The van der Waals surface area contributed by atoms with E-state index in [2.05, 4.69) is 0 Å².